The first kappa shape index (κ1) is 36.3. The standard InChI is InChI=1S/C36H58BN3O6/c1-7-8-9-10-11-12-16-19-32(41)39-28(23-38-34(43)44-24-26-17-14-13-15-18-26)33(42)40-31(20-25(2)3)37-45-30-22-27-21-29(35(27,4)5)36(30,6)46-37/h13-15,17-18,25,27-31H,7-12,16,19-24H2,1-6H3,(H,38,43)(H,39,41)(H,40,42)/t27-,28+,29-,30-,31+,36+/m1/s1. The van der Waals surface area contributed by atoms with Crippen molar-refractivity contribution in [1.29, 1.82) is 0 Å². The summed E-state index contributed by atoms with van der Waals surface area (Å²) in [6, 6.07) is 8.42. The quantitative estimate of drug-likeness (QED) is 0.128. The summed E-state index contributed by atoms with van der Waals surface area (Å²) < 4.78 is 18.6. The van der Waals surface area contributed by atoms with E-state index in [1.165, 1.54) is 25.7 Å². The van der Waals surface area contributed by atoms with Gasteiger partial charge in [-0.25, -0.2) is 4.79 Å². The smallest absolute Gasteiger partial charge is 0.445 e. The van der Waals surface area contributed by atoms with Crippen molar-refractivity contribution in [3.63, 3.8) is 0 Å². The molecule has 0 radical (unpaired) electrons. The first-order valence-electron chi connectivity index (χ1n) is 17.8. The largest absolute Gasteiger partial charge is 0.481 e. The Bertz CT molecular complexity index is 1150. The predicted molar refractivity (Wildman–Crippen MR) is 181 cm³/mol. The molecule has 3 N–H and O–H groups in total. The SMILES string of the molecule is CCCCCCCCCC(=O)N[C@@H](CNC(=O)OCc1ccccc1)C(=O)N[C@@H](CC(C)C)B1O[C@@H]2C[C@H]3C[C@H](C3(C)C)[C@]2(C)O1. The molecule has 4 aliphatic rings. The van der Waals surface area contributed by atoms with Gasteiger partial charge in [0.1, 0.15) is 12.6 Å². The second-order valence-corrected chi connectivity index (χ2v) is 15.0. The summed E-state index contributed by atoms with van der Waals surface area (Å²) in [6.45, 7) is 13.3. The number of alkyl carbamates (subject to hydrolysis) is 1. The van der Waals surface area contributed by atoms with Crippen LogP contribution in [-0.2, 0) is 30.2 Å². The van der Waals surface area contributed by atoms with Crippen LogP contribution in [0.1, 0.15) is 118 Å². The summed E-state index contributed by atoms with van der Waals surface area (Å²) in [5, 5.41) is 8.73. The number of unbranched alkanes of at least 4 members (excludes halogenated alkanes) is 6. The van der Waals surface area contributed by atoms with Gasteiger partial charge >= 0.3 is 13.2 Å². The van der Waals surface area contributed by atoms with E-state index >= 15 is 0 Å². The van der Waals surface area contributed by atoms with Crippen LogP contribution in [0.3, 0.4) is 0 Å². The Morgan fingerprint density at radius 3 is 2.35 bits per heavy atom. The number of rotatable bonds is 18. The average molecular weight is 640 g/mol. The minimum Gasteiger partial charge on any atom is -0.445 e. The molecule has 10 heteroatoms. The third-order valence-corrected chi connectivity index (χ3v) is 10.7. The van der Waals surface area contributed by atoms with Gasteiger partial charge in [0.2, 0.25) is 11.8 Å². The lowest BCUT2D eigenvalue weighted by atomic mass is 9.43. The van der Waals surface area contributed by atoms with Crippen molar-refractivity contribution >= 4 is 25.0 Å². The fraction of sp³-hybridized carbons (Fsp3) is 0.750. The average Bonchev–Trinajstić information content (AvgIpc) is 3.38. The molecular weight excluding hydrogens is 581 g/mol. The molecule has 1 saturated heterocycles. The van der Waals surface area contributed by atoms with Crippen LogP contribution >= 0.6 is 0 Å². The van der Waals surface area contributed by atoms with Crippen molar-refractivity contribution in [2.45, 2.75) is 142 Å². The molecule has 3 saturated carbocycles. The number of benzene rings is 1. The van der Waals surface area contributed by atoms with Gasteiger partial charge in [-0.2, -0.15) is 0 Å². The zero-order valence-electron chi connectivity index (χ0n) is 29.1. The maximum absolute atomic E-state index is 13.8. The Morgan fingerprint density at radius 2 is 1.67 bits per heavy atom. The molecule has 0 unspecified atom stereocenters. The normalized spacial score (nSPS) is 25.6. The van der Waals surface area contributed by atoms with Gasteiger partial charge in [-0.1, -0.05) is 103 Å². The number of hydrogen-bond acceptors (Lipinski definition) is 6. The van der Waals surface area contributed by atoms with Gasteiger partial charge in [-0.05, 0) is 61.3 Å². The van der Waals surface area contributed by atoms with Crippen LogP contribution in [0, 0.1) is 23.2 Å². The first-order chi connectivity index (χ1) is 21.9. The van der Waals surface area contributed by atoms with Crippen LogP contribution in [0.4, 0.5) is 4.79 Å². The molecule has 1 aliphatic heterocycles. The zero-order valence-corrected chi connectivity index (χ0v) is 29.1. The van der Waals surface area contributed by atoms with Crippen molar-refractivity contribution in [1.82, 2.24) is 16.0 Å². The molecular formula is C36H58BN3O6. The Labute approximate surface area is 277 Å². The van der Waals surface area contributed by atoms with Gasteiger partial charge in [0.05, 0.1) is 24.2 Å². The van der Waals surface area contributed by atoms with E-state index < -0.39 is 30.8 Å². The lowest BCUT2D eigenvalue weighted by Crippen LogP contribution is -2.65. The van der Waals surface area contributed by atoms with Crippen LogP contribution < -0.4 is 16.0 Å². The highest BCUT2D eigenvalue weighted by Gasteiger charge is 2.68. The van der Waals surface area contributed by atoms with E-state index in [9.17, 15) is 14.4 Å². The van der Waals surface area contributed by atoms with Crippen LogP contribution in [-0.4, -0.2) is 55.3 Å². The molecule has 9 nitrogen and oxygen atoms in total. The summed E-state index contributed by atoms with van der Waals surface area (Å²) in [5.41, 5.74) is 0.682. The summed E-state index contributed by atoms with van der Waals surface area (Å²) >= 11 is 0. The van der Waals surface area contributed by atoms with Crippen molar-refractivity contribution in [2.24, 2.45) is 23.2 Å². The molecule has 0 aromatic heterocycles. The van der Waals surface area contributed by atoms with E-state index in [0.29, 0.717) is 24.7 Å². The molecule has 3 aliphatic carbocycles. The second-order valence-electron chi connectivity index (χ2n) is 15.0. The first-order valence-corrected chi connectivity index (χ1v) is 17.8. The molecule has 1 aromatic carbocycles. The molecule has 1 heterocycles. The lowest BCUT2D eigenvalue weighted by Gasteiger charge is -2.64. The van der Waals surface area contributed by atoms with E-state index in [4.69, 9.17) is 14.0 Å². The molecule has 4 fully saturated rings. The van der Waals surface area contributed by atoms with Gasteiger partial charge in [-0.15, -0.1) is 0 Å². The van der Waals surface area contributed by atoms with Crippen molar-refractivity contribution in [3.8, 4) is 0 Å². The molecule has 5 rings (SSSR count). The number of amides is 3. The maximum Gasteiger partial charge on any atom is 0.481 e. The molecule has 2 bridgehead atoms. The highest BCUT2D eigenvalue weighted by Crippen LogP contribution is 2.65. The summed E-state index contributed by atoms with van der Waals surface area (Å²) in [6.07, 6.45) is 10.1. The predicted octanol–water partition coefficient (Wildman–Crippen LogP) is 6.34. The minimum absolute atomic E-state index is 0.000590. The van der Waals surface area contributed by atoms with Crippen molar-refractivity contribution in [3.05, 3.63) is 35.9 Å². The van der Waals surface area contributed by atoms with E-state index in [2.05, 4.69) is 57.5 Å². The van der Waals surface area contributed by atoms with Crippen LogP contribution in [0.25, 0.3) is 0 Å². The third-order valence-electron chi connectivity index (χ3n) is 10.7. The Kier molecular flexibility index (Phi) is 13.0. The van der Waals surface area contributed by atoms with E-state index in [0.717, 1.165) is 37.7 Å². The van der Waals surface area contributed by atoms with Crippen LogP contribution in [0.15, 0.2) is 30.3 Å². The fourth-order valence-corrected chi connectivity index (χ4v) is 7.78. The van der Waals surface area contributed by atoms with Crippen LogP contribution in [0.2, 0.25) is 0 Å². The summed E-state index contributed by atoms with van der Waals surface area (Å²) in [7, 11) is -0.579. The highest BCUT2D eigenvalue weighted by molar-refractivity contribution is 6.48. The van der Waals surface area contributed by atoms with E-state index in [1.54, 1.807) is 0 Å². The monoisotopic (exact) mass is 639 g/mol. The van der Waals surface area contributed by atoms with Gasteiger partial charge in [-0.3, -0.25) is 9.59 Å². The summed E-state index contributed by atoms with van der Waals surface area (Å²) in [5.74, 6) is 0.326. The van der Waals surface area contributed by atoms with E-state index in [1.807, 2.05) is 30.3 Å². The molecule has 256 valence electrons. The Hall–Kier alpha value is -2.59. The lowest BCUT2D eigenvalue weighted by molar-refractivity contribution is -0.199. The molecule has 6 atom stereocenters. The Balaban J connectivity index is 1.37. The molecule has 0 spiro atoms. The fourth-order valence-electron chi connectivity index (χ4n) is 7.78. The molecule has 1 aromatic rings. The topological polar surface area (TPSA) is 115 Å². The van der Waals surface area contributed by atoms with Gasteiger partial charge in [0.25, 0.3) is 0 Å². The van der Waals surface area contributed by atoms with Gasteiger partial charge < -0.3 is 30.0 Å². The highest BCUT2D eigenvalue weighted by atomic mass is 16.7. The molecule has 46 heavy (non-hydrogen) atoms. The minimum atomic E-state index is -0.970. The van der Waals surface area contributed by atoms with Crippen molar-refractivity contribution < 1.29 is 28.4 Å². The van der Waals surface area contributed by atoms with Gasteiger partial charge in [0, 0.05) is 6.42 Å². The number of carbonyl (C=O) groups excluding carboxylic acids is 3. The number of carbonyl (C=O) groups is 3. The second kappa shape index (κ2) is 16.5. The summed E-state index contributed by atoms with van der Waals surface area (Å²) in [4.78, 5) is 39.4. The number of ether oxygens (including phenoxy) is 1. The number of nitrogens with one attached hydrogen (secondary N) is 3. The Morgan fingerprint density at radius 1 is 0.978 bits per heavy atom. The maximum atomic E-state index is 13.8. The van der Waals surface area contributed by atoms with E-state index in [-0.39, 0.29) is 42.4 Å². The van der Waals surface area contributed by atoms with Crippen LogP contribution in [0.5, 0.6) is 0 Å². The van der Waals surface area contributed by atoms with Crippen molar-refractivity contribution in [2.75, 3.05) is 6.54 Å². The van der Waals surface area contributed by atoms with Gasteiger partial charge in [0.15, 0.2) is 0 Å². The molecule has 3 amide bonds. The number of hydrogen-bond donors (Lipinski definition) is 3. The third kappa shape index (κ3) is 9.27. The zero-order chi connectivity index (χ0) is 33.3.